The Morgan fingerprint density at radius 2 is 1.82 bits per heavy atom. The first-order valence-electron chi connectivity index (χ1n) is 11.8. The molecule has 2 aliphatic heterocycles. The Morgan fingerprint density at radius 1 is 1.09 bits per heavy atom. The third kappa shape index (κ3) is 4.64. The molecule has 1 fully saturated rings. The number of para-hydroxylation sites is 1. The zero-order valence-electron chi connectivity index (χ0n) is 19.6. The van der Waals surface area contributed by atoms with Crippen LogP contribution in [0.4, 0.5) is 5.69 Å². The number of piperidine rings is 1. The van der Waals surface area contributed by atoms with E-state index in [0.717, 1.165) is 48.6 Å². The summed E-state index contributed by atoms with van der Waals surface area (Å²) in [5, 5.41) is 2.92. The summed E-state index contributed by atoms with van der Waals surface area (Å²) >= 11 is 3.28. The number of thiazole rings is 1. The summed E-state index contributed by atoms with van der Waals surface area (Å²) in [6, 6.07) is 16.5. The number of rotatable bonds is 5. The van der Waals surface area contributed by atoms with Gasteiger partial charge in [-0.3, -0.25) is 9.59 Å². The van der Waals surface area contributed by atoms with Crippen molar-refractivity contribution in [2.24, 2.45) is 0 Å². The van der Waals surface area contributed by atoms with E-state index in [9.17, 15) is 9.59 Å². The van der Waals surface area contributed by atoms with Gasteiger partial charge in [-0.05, 0) is 61.8 Å². The van der Waals surface area contributed by atoms with Crippen LogP contribution in [0, 0.1) is 0 Å². The molecule has 0 spiro atoms. The molecule has 1 atom stereocenters. The Balaban J connectivity index is 1.19. The van der Waals surface area contributed by atoms with Crippen molar-refractivity contribution < 1.29 is 9.59 Å². The maximum Gasteiger partial charge on any atom is 0.278 e. The zero-order valence-corrected chi connectivity index (χ0v) is 21.2. The zero-order chi connectivity index (χ0) is 23.7. The molecule has 0 bridgehead atoms. The van der Waals surface area contributed by atoms with Crippen LogP contribution in [0.5, 0.6) is 0 Å². The summed E-state index contributed by atoms with van der Waals surface area (Å²) in [6.07, 6.45) is 5.16. The van der Waals surface area contributed by atoms with Crippen molar-refractivity contribution in [2.45, 2.75) is 49.5 Å². The molecule has 3 heterocycles. The van der Waals surface area contributed by atoms with Gasteiger partial charge in [-0.1, -0.05) is 30.3 Å². The highest BCUT2D eigenvalue weighted by Crippen LogP contribution is 2.35. The van der Waals surface area contributed by atoms with Gasteiger partial charge < -0.3 is 9.80 Å². The maximum atomic E-state index is 13.3. The van der Waals surface area contributed by atoms with Gasteiger partial charge in [0.05, 0.1) is 11.4 Å². The van der Waals surface area contributed by atoms with Crippen LogP contribution in [0.25, 0.3) is 0 Å². The Labute approximate surface area is 209 Å². The van der Waals surface area contributed by atoms with Crippen LogP contribution < -0.4 is 4.90 Å². The molecule has 1 aromatic heterocycles. The number of hydrogen-bond acceptors (Lipinski definition) is 5. The maximum absolute atomic E-state index is 13.3. The summed E-state index contributed by atoms with van der Waals surface area (Å²) in [5.41, 5.74) is 3.82. The molecule has 0 N–H and O–H groups in total. The van der Waals surface area contributed by atoms with Crippen molar-refractivity contribution in [3.05, 3.63) is 75.7 Å². The molecule has 2 aromatic carbocycles. The third-order valence-corrected chi connectivity index (χ3v) is 8.63. The number of carbonyl (C=O) groups excluding carboxylic acids is 2. The van der Waals surface area contributed by atoms with E-state index in [0.29, 0.717) is 18.0 Å². The number of thioether (sulfide) groups is 1. The summed E-state index contributed by atoms with van der Waals surface area (Å²) in [5.74, 6) is 0.479. The summed E-state index contributed by atoms with van der Waals surface area (Å²) in [4.78, 5) is 35.9. The SMILES string of the molecule is CSc1ccc(CC(=O)N2CCC(c3nc(C(=O)N4c5ccccc5CC4C)cs3)CC2)cc1. The average Bonchev–Trinajstić information content (AvgIpc) is 3.48. The second kappa shape index (κ2) is 9.92. The Bertz CT molecular complexity index is 1180. The van der Waals surface area contributed by atoms with Crippen LogP contribution in [0.2, 0.25) is 0 Å². The number of likely N-dealkylation sites (tertiary alicyclic amines) is 1. The topological polar surface area (TPSA) is 53.5 Å². The van der Waals surface area contributed by atoms with E-state index in [4.69, 9.17) is 4.98 Å². The summed E-state index contributed by atoms with van der Waals surface area (Å²) in [6.45, 7) is 3.58. The molecule has 1 saturated heterocycles. The van der Waals surface area contributed by atoms with Gasteiger partial charge in [0.2, 0.25) is 5.91 Å². The van der Waals surface area contributed by atoms with Crippen LogP contribution >= 0.6 is 23.1 Å². The highest BCUT2D eigenvalue weighted by molar-refractivity contribution is 7.98. The molecule has 7 heteroatoms. The molecular formula is C27H29N3O2S2. The minimum absolute atomic E-state index is 0.0138. The van der Waals surface area contributed by atoms with Crippen molar-refractivity contribution in [1.29, 1.82) is 0 Å². The number of fused-ring (bicyclic) bond motifs is 1. The van der Waals surface area contributed by atoms with E-state index < -0.39 is 0 Å². The average molecular weight is 492 g/mol. The fourth-order valence-corrected chi connectivity index (χ4v) is 6.35. The smallest absolute Gasteiger partial charge is 0.278 e. The molecule has 5 nitrogen and oxygen atoms in total. The van der Waals surface area contributed by atoms with E-state index in [-0.39, 0.29) is 17.9 Å². The largest absolute Gasteiger partial charge is 0.342 e. The van der Waals surface area contributed by atoms with Gasteiger partial charge in [-0.2, -0.15) is 0 Å². The fourth-order valence-electron chi connectivity index (χ4n) is 4.98. The number of anilines is 1. The predicted octanol–water partition coefficient (Wildman–Crippen LogP) is 5.41. The molecule has 176 valence electrons. The molecule has 1 unspecified atom stereocenters. The van der Waals surface area contributed by atoms with Crippen LogP contribution in [-0.2, 0) is 17.6 Å². The van der Waals surface area contributed by atoms with Crippen LogP contribution in [0.15, 0.2) is 58.8 Å². The van der Waals surface area contributed by atoms with Crippen LogP contribution in [0.3, 0.4) is 0 Å². The number of nitrogens with zero attached hydrogens (tertiary/aromatic N) is 3. The van der Waals surface area contributed by atoms with Gasteiger partial charge in [-0.25, -0.2) is 4.98 Å². The van der Waals surface area contributed by atoms with E-state index in [2.05, 4.69) is 31.4 Å². The first kappa shape index (κ1) is 23.1. The Morgan fingerprint density at radius 3 is 2.56 bits per heavy atom. The number of aromatic nitrogens is 1. The van der Waals surface area contributed by atoms with Gasteiger partial charge in [0.1, 0.15) is 5.69 Å². The van der Waals surface area contributed by atoms with Gasteiger partial charge in [0, 0.05) is 41.0 Å². The molecular weight excluding hydrogens is 462 g/mol. The number of carbonyl (C=O) groups is 2. The quantitative estimate of drug-likeness (QED) is 0.448. The monoisotopic (exact) mass is 491 g/mol. The highest BCUT2D eigenvalue weighted by Gasteiger charge is 2.33. The normalized spacial score (nSPS) is 18.2. The van der Waals surface area contributed by atoms with Crippen molar-refractivity contribution in [1.82, 2.24) is 9.88 Å². The van der Waals surface area contributed by atoms with Crippen molar-refractivity contribution in [3.8, 4) is 0 Å². The van der Waals surface area contributed by atoms with Gasteiger partial charge in [0.25, 0.3) is 5.91 Å². The molecule has 5 rings (SSSR count). The highest BCUT2D eigenvalue weighted by atomic mass is 32.2. The summed E-state index contributed by atoms with van der Waals surface area (Å²) < 4.78 is 0. The Kier molecular flexibility index (Phi) is 6.75. The van der Waals surface area contributed by atoms with E-state index in [1.165, 1.54) is 10.5 Å². The van der Waals surface area contributed by atoms with Crippen molar-refractivity contribution >= 4 is 40.6 Å². The van der Waals surface area contributed by atoms with E-state index >= 15 is 0 Å². The first-order chi connectivity index (χ1) is 16.5. The van der Waals surface area contributed by atoms with Crippen LogP contribution in [0.1, 0.15) is 52.3 Å². The van der Waals surface area contributed by atoms with Gasteiger partial charge in [-0.15, -0.1) is 23.1 Å². The lowest BCUT2D eigenvalue weighted by molar-refractivity contribution is -0.131. The predicted molar refractivity (Wildman–Crippen MR) is 139 cm³/mol. The fraction of sp³-hybridized carbons (Fsp3) is 0.370. The first-order valence-corrected chi connectivity index (χ1v) is 13.9. The minimum Gasteiger partial charge on any atom is -0.342 e. The van der Waals surface area contributed by atoms with Gasteiger partial charge >= 0.3 is 0 Å². The lowest BCUT2D eigenvalue weighted by Gasteiger charge is -2.31. The number of hydrogen-bond donors (Lipinski definition) is 0. The molecule has 0 saturated carbocycles. The molecule has 2 amide bonds. The van der Waals surface area contributed by atoms with E-state index in [1.807, 2.05) is 45.5 Å². The second-order valence-corrected chi connectivity index (χ2v) is 10.9. The van der Waals surface area contributed by atoms with Crippen molar-refractivity contribution in [3.63, 3.8) is 0 Å². The second-order valence-electron chi connectivity index (χ2n) is 9.11. The van der Waals surface area contributed by atoms with Crippen LogP contribution in [-0.4, -0.2) is 47.1 Å². The van der Waals surface area contributed by atoms with E-state index in [1.54, 1.807) is 23.1 Å². The van der Waals surface area contributed by atoms with Crippen molar-refractivity contribution in [2.75, 3.05) is 24.2 Å². The lowest BCUT2D eigenvalue weighted by Crippen LogP contribution is -2.38. The lowest BCUT2D eigenvalue weighted by atomic mass is 9.97. The van der Waals surface area contributed by atoms with Gasteiger partial charge in [0.15, 0.2) is 0 Å². The molecule has 0 aliphatic carbocycles. The third-order valence-electron chi connectivity index (χ3n) is 6.88. The molecule has 0 radical (unpaired) electrons. The molecule has 2 aliphatic rings. The molecule has 3 aromatic rings. The minimum atomic E-state index is -0.0138. The Hall–Kier alpha value is -2.64. The number of amides is 2. The number of benzene rings is 2. The summed E-state index contributed by atoms with van der Waals surface area (Å²) in [7, 11) is 0. The molecule has 34 heavy (non-hydrogen) atoms. The standard InChI is InChI=1S/C27H29N3O2S2/c1-18-15-21-5-3-4-6-24(21)30(18)27(32)23-17-34-26(28-23)20-11-13-29(14-12-20)25(31)16-19-7-9-22(33-2)10-8-19/h3-10,17-18,20H,11-16H2,1-2H3.